The zero-order valence-corrected chi connectivity index (χ0v) is 10.5. The molecule has 0 aliphatic heterocycles. The number of aromatic nitrogens is 4. The molecule has 92 valence electrons. The molecular weight excluding hydrogens is 218 g/mol. The standard InChI is InChI=1S/C11H17N5O/c1-7-8(6-15(2)14-7)10(12)11-9(17-4)5-13-16(11)3/h5-6,10H,12H2,1-4H3. The van der Waals surface area contributed by atoms with Crippen molar-refractivity contribution in [1.29, 1.82) is 0 Å². The minimum absolute atomic E-state index is 0.286. The first-order chi connectivity index (χ1) is 8.04. The van der Waals surface area contributed by atoms with E-state index in [1.807, 2.05) is 27.2 Å². The molecule has 2 N–H and O–H groups in total. The Bertz CT molecular complexity index is 528. The van der Waals surface area contributed by atoms with Crippen LogP contribution in [0.3, 0.4) is 0 Å². The zero-order valence-electron chi connectivity index (χ0n) is 10.5. The number of methoxy groups -OCH3 is 1. The molecule has 0 spiro atoms. The molecule has 2 rings (SSSR count). The quantitative estimate of drug-likeness (QED) is 0.842. The lowest BCUT2D eigenvalue weighted by molar-refractivity contribution is 0.406. The van der Waals surface area contributed by atoms with Crippen molar-refractivity contribution in [2.45, 2.75) is 13.0 Å². The second-order valence-corrected chi connectivity index (χ2v) is 4.04. The molecule has 2 aromatic rings. The number of ether oxygens (including phenoxy) is 1. The Labute approximate surface area is 100.0 Å². The summed E-state index contributed by atoms with van der Waals surface area (Å²) in [5, 5.41) is 8.45. The topological polar surface area (TPSA) is 70.9 Å². The summed E-state index contributed by atoms with van der Waals surface area (Å²) in [5.74, 6) is 0.697. The Morgan fingerprint density at radius 1 is 1.41 bits per heavy atom. The van der Waals surface area contributed by atoms with Crippen LogP contribution < -0.4 is 10.5 Å². The molecule has 6 heteroatoms. The molecule has 1 unspecified atom stereocenters. The average molecular weight is 235 g/mol. The van der Waals surface area contributed by atoms with Crippen molar-refractivity contribution >= 4 is 0 Å². The van der Waals surface area contributed by atoms with Crippen LogP contribution in [0.4, 0.5) is 0 Å². The third-order valence-electron chi connectivity index (χ3n) is 2.85. The maximum absolute atomic E-state index is 6.26. The molecule has 0 fully saturated rings. The first kappa shape index (κ1) is 11.7. The third-order valence-corrected chi connectivity index (χ3v) is 2.85. The molecule has 2 aromatic heterocycles. The van der Waals surface area contributed by atoms with E-state index in [9.17, 15) is 0 Å². The second kappa shape index (κ2) is 4.21. The third kappa shape index (κ3) is 1.91. The molecule has 0 saturated heterocycles. The summed E-state index contributed by atoms with van der Waals surface area (Å²) in [6.45, 7) is 1.94. The summed E-state index contributed by atoms with van der Waals surface area (Å²) >= 11 is 0. The maximum Gasteiger partial charge on any atom is 0.161 e. The van der Waals surface area contributed by atoms with E-state index in [4.69, 9.17) is 10.5 Å². The number of aryl methyl sites for hydroxylation is 3. The number of hydrogen-bond donors (Lipinski definition) is 1. The molecule has 0 amide bonds. The molecule has 0 aliphatic rings. The number of nitrogens with two attached hydrogens (primary N) is 1. The largest absolute Gasteiger partial charge is 0.493 e. The molecule has 17 heavy (non-hydrogen) atoms. The predicted molar refractivity (Wildman–Crippen MR) is 63.7 cm³/mol. The van der Waals surface area contributed by atoms with Gasteiger partial charge in [0.1, 0.15) is 5.69 Å². The molecule has 0 bridgehead atoms. The Hall–Kier alpha value is -1.82. The van der Waals surface area contributed by atoms with Crippen LogP contribution in [0.15, 0.2) is 12.4 Å². The van der Waals surface area contributed by atoms with E-state index in [1.165, 1.54) is 0 Å². The highest BCUT2D eigenvalue weighted by Crippen LogP contribution is 2.28. The summed E-state index contributed by atoms with van der Waals surface area (Å²) in [7, 11) is 5.34. The zero-order chi connectivity index (χ0) is 12.6. The van der Waals surface area contributed by atoms with E-state index >= 15 is 0 Å². The highest BCUT2D eigenvalue weighted by molar-refractivity contribution is 5.36. The fraction of sp³-hybridized carbons (Fsp3) is 0.455. The van der Waals surface area contributed by atoms with Gasteiger partial charge in [0.05, 0.1) is 25.0 Å². The highest BCUT2D eigenvalue weighted by atomic mass is 16.5. The van der Waals surface area contributed by atoms with Crippen molar-refractivity contribution in [3.63, 3.8) is 0 Å². The molecule has 1 atom stereocenters. The smallest absolute Gasteiger partial charge is 0.161 e. The molecule has 0 aliphatic carbocycles. The van der Waals surface area contributed by atoms with Crippen LogP contribution in [-0.2, 0) is 14.1 Å². The van der Waals surface area contributed by atoms with Gasteiger partial charge in [-0.05, 0) is 6.92 Å². The van der Waals surface area contributed by atoms with Crippen molar-refractivity contribution in [3.05, 3.63) is 29.3 Å². The average Bonchev–Trinajstić information content (AvgIpc) is 2.80. The van der Waals surface area contributed by atoms with Crippen LogP contribution in [0.1, 0.15) is 23.0 Å². The van der Waals surface area contributed by atoms with Gasteiger partial charge in [0.15, 0.2) is 5.75 Å². The summed E-state index contributed by atoms with van der Waals surface area (Å²) in [6.07, 6.45) is 3.59. The monoisotopic (exact) mass is 235 g/mol. The summed E-state index contributed by atoms with van der Waals surface area (Å²) in [6, 6.07) is -0.286. The second-order valence-electron chi connectivity index (χ2n) is 4.04. The Morgan fingerprint density at radius 2 is 2.12 bits per heavy atom. The van der Waals surface area contributed by atoms with Crippen LogP contribution in [0.5, 0.6) is 5.75 Å². The van der Waals surface area contributed by atoms with Gasteiger partial charge in [-0.3, -0.25) is 9.36 Å². The van der Waals surface area contributed by atoms with Crippen molar-refractivity contribution in [1.82, 2.24) is 19.6 Å². The SMILES string of the molecule is COc1cnn(C)c1C(N)c1cn(C)nc1C. The number of hydrogen-bond acceptors (Lipinski definition) is 4. The van der Waals surface area contributed by atoms with Gasteiger partial charge in [-0.15, -0.1) is 0 Å². The lowest BCUT2D eigenvalue weighted by Gasteiger charge is -2.13. The number of nitrogens with zero attached hydrogens (tertiary/aromatic N) is 4. The van der Waals surface area contributed by atoms with E-state index < -0.39 is 0 Å². The minimum Gasteiger partial charge on any atom is -0.493 e. The number of rotatable bonds is 3. The van der Waals surface area contributed by atoms with Crippen molar-refractivity contribution in [2.75, 3.05) is 7.11 Å². The van der Waals surface area contributed by atoms with Gasteiger partial charge in [-0.2, -0.15) is 10.2 Å². The van der Waals surface area contributed by atoms with Crippen molar-refractivity contribution < 1.29 is 4.74 Å². The highest BCUT2D eigenvalue weighted by Gasteiger charge is 2.21. The van der Waals surface area contributed by atoms with E-state index in [0.717, 1.165) is 17.0 Å². The summed E-state index contributed by atoms with van der Waals surface area (Å²) in [5.41, 5.74) is 9.01. The predicted octanol–water partition coefficient (Wildman–Crippen LogP) is 0.519. The molecule has 2 heterocycles. The van der Waals surface area contributed by atoms with Gasteiger partial charge in [0.25, 0.3) is 0 Å². The fourth-order valence-electron chi connectivity index (χ4n) is 2.01. The van der Waals surface area contributed by atoms with Gasteiger partial charge >= 0.3 is 0 Å². The van der Waals surface area contributed by atoms with Gasteiger partial charge < -0.3 is 10.5 Å². The molecule has 6 nitrogen and oxygen atoms in total. The Balaban J connectivity index is 2.46. The molecule has 0 radical (unpaired) electrons. The van der Waals surface area contributed by atoms with Crippen LogP contribution in [0.25, 0.3) is 0 Å². The van der Waals surface area contributed by atoms with Crippen LogP contribution in [0, 0.1) is 6.92 Å². The van der Waals surface area contributed by atoms with Crippen LogP contribution in [-0.4, -0.2) is 26.7 Å². The van der Waals surface area contributed by atoms with Crippen molar-refractivity contribution in [3.8, 4) is 5.75 Å². The fourth-order valence-corrected chi connectivity index (χ4v) is 2.01. The normalized spacial score (nSPS) is 12.8. The minimum atomic E-state index is -0.286. The Morgan fingerprint density at radius 3 is 2.65 bits per heavy atom. The van der Waals surface area contributed by atoms with Crippen LogP contribution in [0.2, 0.25) is 0 Å². The van der Waals surface area contributed by atoms with E-state index in [2.05, 4.69) is 10.2 Å². The first-order valence-electron chi connectivity index (χ1n) is 5.36. The van der Waals surface area contributed by atoms with E-state index in [-0.39, 0.29) is 6.04 Å². The molecule has 0 aromatic carbocycles. The maximum atomic E-state index is 6.26. The van der Waals surface area contributed by atoms with E-state index in [0.29, 0.717) is 5.75 Å². The van der Waals surface area contributed by atoms with Crippen LogP contribution >= 0.6 is 0 Å². The van der Waals surface area contributed by atoms with E-state index in [1.54, 1.807) is 22.7 Å². The summed E-state index contributed by atoms with van der Waals surface area (Å²) < 4.78 is 8.75. The lowest BCUT2D eigenvalue weighted by atomic mass is 10.1. The van der Waals surface area contributed by atoms with Gasteiger partial charge in [-0.25, -0.2) is 0 Å². The summed E-state index contributed by atoms with van der Waals surface area (Å²) in [4.78, 5) is 0. The van der Waals surface area contributed by atoms with Gasteiger partial charge in [-0.1, -0.05) is 0 Å². The lowest BCUT2D eigenvalue weighted by Crippen LogP contribution is -2.17. The first-order valence-corrected chi connectivity index (χ1v) is 5.36. The van der Waals surface area contributed by atoms with Gasteiger partial charge in [0, 0.05) is 25.9 Å². The Kier molecular flexibility index (Phi) is 2.89. The molecular formula is C11H17N5O. The van der Waals surface area contributed by atoms with Gasteiger partial charge in [0.2, 0.25) is 0 Å². The van der Waals surface area contributed by atoms with Crippen molar-refractivity contribution in [2.24, 2.45) is 19.8 Å². The molecule has 0 saturated carbocycles.